The maximum absolute atomic E-state index is 12.1. The fraction of sp³-hybridized carbons (Fsp3) is 0.786. The molecule has 1 saturated carbocycles. The molecule has 2 aliphatic rings. The predicted octanol–water partition coefficient (Wildman–Crippen LogP) is 0.808. The summed E-state index contributed by atoms with van der Waals surface area (Å²) in [7, 11) is 0. The van der Waals surface area contributed by atoms with Crippen molar-refractivity contribution in [1.82, 2.24) is 15.5 Å². The maximum atomic E-state index is 12.1. The molecule has 0 bridgehead atoms. The molecule has 0 aromatic carbocycles. The molecule has 1 atom stereocenters. The summed E-state index contributed by atoms with van der Waals surface area (Å²) in [5, 5.41) is 5.39. The third kappa shape index (κ3) is 3.95. The van der Waals surface area contributed by atoms with Gasteiger partial charge in [0.2, 0.25) is 5.78 Å². The number of ketones is 1. The van der Waals surface area contributed by atoms with Gasteiger partial charge in [0.1, 0.15) is 0 Å². The lowest BCUT2D eigenvalue weighted by Crippen LogP contribution is -2.51. The Bertz CT molecular complexity index is 387. The second-order valence-corrected chi connectivity index (χ2v) is 5.60. The minimum atomic E-state index is -0.702. The zero-order valence-electron chi connectivity index (χ0n) is 12.0. The molecule has 1 heterocycles. The van der Waals surface area contributed by atoms with Crippen molar-refractivity contribution in [3.63, 3.8) is 0 Å². The van der Waals surface area contributed by atoms with Crippen LogP contribution in [0.25, 0.3) is 0 Å². The molecule has 1 unspecified atom stereocenters. The lowest BCUT2D eigenvalue weighted by atomic mass is 10.1. The summed E-state index contributed by atoms with van der Waals surface area (Å²) in [5.41, 5.74) is 0. The highest BCUT2D eigenvalue weighted by molar-refractivity contribution is 6.38. The van der Waals surface area contributed by atoms with Gasteiger partial charge >= 0.3 is 6.03 Å². The van der Waals surface area contributed by atoms with E-state index in [-0.39, 0.29) is 12.1 Å². The average molecular weight is 281 g/mol. The topological polar surface area (TPSA) is 78.5 Å². The molecule has 112 valence electrons. The van der Waals surface area contributed by atoms with E-state index in [1.807, 2.05) is 6.92 Å². The first-order valence-corrected chi connectivity index (χ1v) is 7.52. The number of hydrogen-bond donors (Lipinski definition) is 2. The standard InChI is InChI=1S/C14H23N3O3/c1-2-5-11(12(18)13(19)15-10-6-7-10)16-14(20)17-8-3-4-9-17/h10-11H,2-9H2,1H3,(H,15,19)(H,16,20). The normalized spacial score (nSPS) is 19.6. The van der Waals surface area contributed by atoms with Crippen molar-refractivity contribution >= 4 is 17.7 Å². The summed E-state index contributed by atoms with van der Waals surface area (Å²) in [4.78, 5) is 37.6. The number of carbonyl (C=O) groups excluding carboxylic acids is 3. The number of hydrogen-bond acceptors (Lipinski definition) is 3. The van der Waals surface area contributed by atoms with Crippen LogP contribution >= 0.6 is 0 Å². The van der Waals surface area contributed by atoms with Crippen molar-refractivity contribution in [2.24, 2.45) is 0 Å². The lowest BCUT2D eigenvalue weighted by Gasteiger charge is -2.21. The van der Waals surface area contributed by atoms with Gasteiger partial charge in [-0.05, 0) is 32.1 Å². The zero-order valence-corrected chi connectivity index (χ0v) is 12.0. The number of nitrogens with zero attached hydrogens (tertiary/aromatic N) is 1. The first-order chi connectivity index (χ1) is 9.61. The van der Waals surface area contributed by atoms with Crippen LogP contribution in [0.15, 0.2) is 0 Å². The second-order valence-electron chi connectivity index (χ2n) is 5.60. The van der Waals surface area contributed by atoms with Crippen molar-refractivity contribution in [2.75, 3.05) is 13.1 Å². The fourth-order valence-corrected chi connectivity index (χ4v) is 2.36. The van der Waals surface area contributed by atoms with Crippen molar-refractivity contribution in [1.29, 1.82) is 0 Å². The SMILES string of the molecule is CCCC(NC(=O)N1CCCC1)C(=O)C(=O)NC1CC1. The molecule has 2 N–H and O–H groups in total. The third-order valence-corrected chi connectivity index (χ3v) is 3.72. The van der Waals surface area contributed by atoms with Crippen molar-refractivity contribution in [3.8, 4) is 0 Å². The van der Waals surface area contributed by atoms with Crippen molar-refractivity contribution in [3.05, 3.63) is 0 Å². The molecular formula is C14H23N3O3. The van der Waals surface area contributed by atoms with Crippen LogP contribution in [0.4, 0.5) is 4.79 Å². The Morgan fingerprint density at radius 2 is 1.85 bits per heavy atom. The summed E-state index contributed by atoms with van der Waals surface area (Å²) < 4.78 is 0. The monoisotopic (exact) mass is 281 g/mol. The van der Waals surface area contributed by atoms with E-state index in [0.717, 1.165) is 45.2 Å². The largest absolute Gasteiger partial charge is 0.347 e. The molecule has 1 aliphatic carbocycles. The van der Waals surface area contributed by atoms with Crippen LogP contribution in [-0.4, -0.2) is 47.8 Å². The molecule has 2 fully saturated rings. The highest BCUT2D eigenvalue weighted by Crippen LogP contribution is 2.18. The van der Waals surface area contributed by atoms with Gasteiger partial charge in [0.05, 0.1) is 6.04 Å². The average Bonchev–Trinajstić information content (AvgIpc) is 3.07. The van der Waals surface area contributed by atoms with Crippen LogP contribution in [0.5, 0.6) is 0 Å². The lowest BCUT2D eigenvalue weighted by molar-refractivity contribution is -0.139. The Labute approximate surface area is 119 Å². The Balaban J connectivity index is 1.88. The van der Waals surface area contributed by atoms with E-state index in [1.165, 1.54) is 0 Å². The molecule has 6 heteroatoms. The quantitative estimate of drug-likeness (QED) is 0.707. The molecule has 1 aliphatic heterocycles. The highest BCUT2D eigenvalue weighted by atomic mass is 16.2. The van der Waals surface area contributed by atoms with Crippen LogP contribution in [0.2, 0.25) is 0 Å². The van der Waals surface area contributed by atoms with Gasteiger partial charge in [-0.2, -0.15) is 0 Å². The van der Waals surface area contributed by atoms with Crippen LogP contribution in [0.3, 0.4) is 0 Å². The summed E-state index contributed by atoms with van der Waals surface area (Å²) in [6.07, 6.45) is 5.13. The smallest absolute Gasteiger partial charge is 0.317 e. The Morgan fingerprint density at radius 3 is 2.40 bits per heavy atom. The Morgan fingerprint density at radius 1 is 1.20 bits per heavy atom. The minimum absolute atomic E-state index is 0.156. The predicted molar refractivity (Wildman–Crippen MR) is 74.2 cm³/mol. The number of likely N-dealkylation sites (tertiary alicyclic amines) is 1. The van der Waals surface area contributed by atoms with E-state index in [4.69, 9.17) is 0 Å². The summed E-state index contributed by atoms with van der Waals surface area (Å²) in [6.45, 7) is 3.39. The number of amides is 3. The minimum Gasteiger partial charge on any atom is -0.347 e. The summed E-state index contributed by atoms with van der Waals surface area (Å²) >= 11 is 0. The van der Waals surface area contributed by atoms with E-state index >= 15 is 0 Å². The van der Waals surface area contributed by atoms with Gasteiger partial charge in [0, 0.05) is 19.1 Å². The first kappa shape index (κ1) is 14.8. The van der Waals surface area contributed by atoms with Gasteiger partial charge in [0.15, 0.2) is 0 Å². The molecule has 0 radical (unpaired) electrons. The van der Waals surface area contributed by atoms with E-state index in [9.17, 15) is 14.4 Å². The second kappa shape index (κ2) is 6.72. The van der Waals surface area contributed by atoms with Gasteiger partial charge in [0.25, 0.3) is 5.91 Å². The zero-order chi connectivity index (χ0) is 14.5. The van der Waals surface area contributed by atoms with Crippen LogP contribution in [0.1, 0.15) is 45.4 Å². The van der Waals surface area contributed by atoms with Gasteiger partial charge in [-0.25, -0.2) is 4.79 Å². The Hall–Kier alpha value is -1.59. The number of carbonyl (C=O) groups is 3. The van der Waals surface area contributed by atoms with Crippen LogP contribution in [-0.2, 0) is 9.59 Å². The molecule has 2 rings (SSSR count). The molecule has 0 aromatic rings. The number of rotatable bonds is 6. The van der Waals surface area contributed by atoms with Gasteiger partial charge in [-0.1, -0.05) is 13.3 Å². The van der Waals surface area contributed by atoms with Crippen LogP contribution < -0.4 is 10.6 Å². The van der Waals surface area contributed by atoms with E-state index in [2.05, 4.69) is 10.6 Å². The summed E-state index contributed by atoms with van der Waals surface area (Å²) in [6, 6.07) is -0.775. The van der Waals surface area contributed by atoms with E-state index in [1.54, 1.807) is 4.90 Å². The van der Waals surface area contributed by atoms with Crippen molar-refractivity contribution in [2.45, 2.75) is 57.5 Å². The van der Waals surface area contributed by atoms with Gasteiger partial charge in [-0.15, -0.1) is 0 Å². The molecule has 1 saturated heterocycles. The molecule has 6 nitrogen and oxygen atoms in total. The molecule has 20 heavy (non-hydrogen) atoms. The van der Waals surface area contributed by atoms with E-state index in [0.29, 0.717) is 6.42 Å². The fourth-order valence-electron chi connectivity index (χ4n) is 2.36. The van der Waals surface area contributed by atoms with Gasteiger partial charge in [-0.3, -0.25) is 9.59 Å². The number of nitrogens with one attached hydrogen (secondary N) is 2. The molecular weight excluding hydrogens is 258 g/mol. The highest BCUT2D eigenvalue weighted by Gasteiger charge is 2.32. The Kier molecular flexibility index (Phi) is 4.98. The van der Waals surface area contributed by atoms with Crippen molar-refractivity contribution < 1.29 is 14.4 Å². The molecule has 0 spiro atoms. The van der Waals surface area contributed by atoms with E-state index < -0.39 is 17.7 Å². The molecule has 0 aromatic heterocycles. The number of Topliss-reactive ketones (excluding diaryl/α,β-unsaturated/α-hetero) is 1. The van der Waals surface area contributed by atoms with Crippen LogP contribution in [0, 0.1) is 0 Å². The van der Waals surface area contributed by atoms with Gasteiger partial charge < -0.3 is 15.5 Å². The molecule has 3 amide bonds. The maximum Gasteiger partial charge on any atom is 0.317 e. The number of urea groups is 1. The third-order valence-electron chi connectivity index (χ3n) is 3.72. The summed E-state index contributed by atoms with van der Waals surface area (Å²) in [5.74, 6) is -1.08. The first-order valence-electron chi connectivity index (χ1n) is 7.52.